The lowest BCUT2D eigenvalue weighted by molar-refractivity contribution is -0.385. The van der Waals surface area contributed by atoms with Crippen LogP contribution in [-0.4, -0.2) is 39.9 Å². The molecule has 8 heteroatoms. The van der Waals surface area contributed by atoms with Gasteiger partial charge in [-0.3, -0.25) is 10.1 Å². The van der Waals surface area contributed by atoms with Crippen LogP contribution in [0.3, 0.4) is 0 Å². The summed E-state index contributed by atoms with van der Waals surface area (Å²) < 4.78 is 7.31. The number of nitro groups is 1. The maximum atomic E-state index is 11.1. The van der Waals surface area contributed by atoms with Crippen molar-refractivity contribution in [2.75, 3.05) is 25.1 Å². The molecule has 0 spiro atoms. The molecule has 1 saturated heterocycles. The first-order chi connectivity index (χ1) is 12.0. The maximum absolute atomic E-state index is 11.1. The fraction of sp³-hybridized carbons (Fsp3) is 0.529. The first kappa shape index (κ1) is 17.2. The second-order valence-corrected chi connectivity index (χ2v) is 6.59. The summed E-state index contributed by atoms with van der Waals surface area (Å²) in [6.45, 7) is 5.96. The molecule has 1 fully saturated rings. The average molecular weight is 345 g/mol. The summed E-state index contributed by atoms with van der Waals surface area (Å²) in [6, 6.07) is 5.36. The number of methoxy groups -OCH3 is 1. The third-order valence-corrected chi connectivity index (χ3v) is 4.67. The summed E-state index contributed by atoms with van der Waals surface area (Å²) in [6.07, 6.45) is 3.88. The van der Waals surface area contributed by atoms with E-state index in [1.165, 1.54) is 13.2 Å². The van der Waals surface area contributed by atoms with E-state index in [0.29, 0.717) is 12.0 Å². The number of hydrogen-bond acceptors (Lipinski definition) is 6. The lowest BCUT2D eigenvalue weighted by Crippen LogP contribution is -2.35. The van der Waals surface area contributed by atoms with Crippen molar-refractivity contribution in [2.24, 2.45) is 0 Å². The van der Waals surface area contributed by atoms with Gasteiger partial charge in [-0.25, -0.2) is 0 Å². The predicted molar refractivity (Wildman–Crippen MR) is 94.2 cm³/mol. The highest BCUT2D eigenvalue weighted by atomic mass is 16.6. The van der Waals surface area contributed by atoms with E-state index in [4.69, 9.17) is 4.74 Å². The van der Waals surface area contributed by atoms with Gasteiger partial charge in [0.2, 0.25) is 0 Å². The predicted octanol–water partition coefficient (Wildman–Crippen LogP) is 3.16. The van der Waals surface area contributed by atoms with Gasteiger partial charge in [0.05, 0.1) is 12.0 Å². The van der Waals surface area contributed by atoms with E-state index < -0.39 is 4.92 Å². The third-order valence-electron chi connectivity index (χ3n) is 4.67. The minimum Gasteiger partial charge on any atom is -0.490 e. The molecule has 0 bridgehead atoms. The molecule has 1 aromatic carbocycles. The van der Waals surface area contributed by atoms with Crippen LogP contribution in [0.15, 0.2) is 24.5 Å². The Hall–Kier alpha value is -2.64. The van der Waals surface area contributed by atoms with Crippen molar-refractivity contribution in [2.45, 2.75) is 38.6 Å². The van der Waals surface area contributed by atoms with E-state index >= 15 is 0 Å². The number of rotatable bonds is 5. The number of nitro benzene ring substituents is 1. The van der Waals surface area contributed by atoms with Gasteiger partial charge < -0.3 is 14.2 Å². The van der Waals surface area contributed by atoms with Crippen LogP contribution >= 0.6 is 0 Å². The van der Waals surface area contributed by atoms with Gasteiger partial charge in [-0.2, -0.15) is 0 Å². The Bertz CT molecular complexity index is 758. The van der Waals surface area contributed by atoms with Crippen LogP contribution in [-0.2, 0) is 0 Å². The van der Waals surface area contributed by atoms with Gasteiger partial charge in [0, 0.05) is 42.9 Å². The molecule has 1 aromatic heterocycles. The fourth-order valence-corrected chi connectivity index (χ4v) is 3.38. The Kier molecular flexibility index (Phi) is 4.87. The van der Waals surface area contributed by atoms with Gasteiger partial charge in [0.25, 0.3) is 0 Å². The van der Waals surface area contributed by atoms with Crippen molar-refractivity contribution in [3.63, 3.8) is 0 Å². The van der Waals surface area contributed by atoms with Gasteiger partial charge in [-0.05, 0) is 32.8 Å². The Balaban J connectivity index is 1.84. The van der Waals surface area contributed by atoms with Crippen LogP contribution in [0.5, 0.6) is 5.75 Å². The summed E-state index contributed by atoms with van der Waals surface area (Å²) >= 11 is 0. The molecule has 134 valence electrons. The van der Waals surface area contributed by atoms with Crippen LogP contribution in [0.4, 0.5) is 11.4 Å². The second kappa shape index (κ2) is 7.08. The molecular formula is C17H23N5O3. The molecule has 0 amide bonds. The highest BCUT2D eigenvalue weighted by Crippen LogP contribution is 2.35. The first-order valence-electron chi connectivity index (χ1n) is 8.48. The third kappa shape index (κ3) is 3.42. The van der Waals surface area contributed by atoms with Crippen LogP contribution < -0.4 is 9.64 Å². The molecule has 1 unspecified atom stereocenters. The molecule has 0 radical (unpaired) electrons. The van der Waals surface area contributed by atoms with Crippen LogP contribution in [0, 0.1) is 10.1 Å². The maximum Gasteiger partial charge on any atom is 0.311 e. The molecule has 1 aliphatic heterocycles. The van der Waals surface area contributed by atoms with E-state index in [1.807, 2.05) is 0 Å². The normalized spacial score (nSPS) is 17.8. The van der Waals surface area contributed by atoms with Crippen molar-refractivity contribution in [1.82, 2.24) is 14.8 Å². The summed E-state index contributed by atoms with van der Waals surface area (Å²) in [7, 11) is 1.45. The van der Waals surface area contributed by atoms with E-state index in [2.05, 4.69) is 33.5 Å². The topological polar surface area (TPSA) is 86.3 Å². The number of anilines is 1. The van der Waals surface area contributed by atoms with Crippen molar-refractivity contribution >= 4 is 11.4 Å². The van der Waals surface area contributed by atoms with Gasteiger partial charge in [0.1, 0.15) is 12.2 Å². The number of aromatic nitrogens is 3. The Morgan fingerprint density at radius 1 is 1.40 bits per heavy atom. The zero-order chi connectivity index (χ0) is 18.0. The van der Waals surface area contributed by atoms with Crippen molar-refractivity contribution in [3.05, 3.63) is 40.5 Å². The highest BCUT2D eigenvalue weighted by Gasteiger charge is 2.27. The van der Waals surface area contributed by atoms with Crippen molar-refractivity contribution in [3.8, 4) is 5.75 Å². The molecule has 25 heavy (non-hydrogen) atoms. The smallest absolute Gasteiger partial charge is 0.311 e. The zero-order valence-electron chi connectivity index (χ0n) is 14.8. The molecule has 0 saturated carbocycles. The quantitative estimate of drug-likeness (QED) is 0.611. The minimum atomic E-state index is -0.424. The zero-order valence-corrected chi connectivity index (χ0v) is 14.8. The second-order valence-electron chi connectivity index (χ2n) is 6.59. The lowest BCUT2D eigenvalue weighted by Gasteiger charge is -2.34. The summed E-state index contributed by atoms with van der Waals surface area (Å²) in [5, 5.41) is 19.5. The van der Waals surface area contributed by atoms with Crippen LogP contribution in [0.1, 0.15) is 44.5 Å². The molecule has 1 aliphatic rings. The van der Waals surface area contributed by atoms with E-state index in [0.717, 1.165) is 37.4 Å². The highest BCUT2D eigenvalue weighted by molar-refractivity contribution is 5.59. The number of piperidine rings is 1. The number of hydrogen-bond donors (Lipinski definition) is 0. The van der Waals surface area contributed by atoms with Gasteiger partial charge >= 0.3 is 5.69 Å². The molecule has 1 atom stereocenters. The van der Waals surface area contributed by atoms with Gasteiger partial charge in [0.15, 0.2) is 5.75 Å². The Morgan fingerprint density at radius 3 is 2.88 bits per heavy atom. The number of ether oxygens (including phenoxy) is 1. The molecule has 0 N–H and O–H groups in total. The minimum absolute atomic E-state index is 0.0145. The molecule has 8 nitrogen and oxygen atoms in total. The van der Waals surface area contributed by atoms with Gasteiger partial charge in [-0.1, -0.05) is 0 Å². The van der Waals surface area contributed by atoms with E-state index in [-0.39, 0.29) is 11.4 Å². The molecular weight excluding hydrogens is 322 g/mol. The molecule has 3 rings (SSSR count). The van der Waals surface area contributed by atoms with Gasteiger partial charge in [-0.15, -0.1) is 10.2 Å². The van der Waals surface area contributed by atoms with Crippen molar-refractivity contribution in [1.29, 1.82) is 0 Å². The Morgan fingerprint density at radius 2 is 2.20 bits per heavy atom. The van der Waals surface area contributed by atoms with Crippen LogP contribution in [0.25, 0.3) is 0 Å². The fourth-order valence-electron chi connectivity index (χ4n) is 3.38. The largest absolute Gasteiger partial charge is 0.490 e. The molecule has 2 aromatic rings. The van der Waals surface area contributed by atoms with E-state index in [9.17, 15) is 10.1 Å². The SMILES string of the molecule is COc1cc(N2CCCC(c3nncn3C(C)C)C2)ccc1[N+](=O)[O-]. The molecule has 2 heterocycles. The first-order valence-corrected chi connectivity index (χ1v) is 8.48. The monoisotopic (exact) mass is 345 g/mol. The van der Waals surface area contributed by atoms with E-state index in [1.54, 1.807) is 18.5 Å². The number of nitrogens with zero attached hydrogens (tertiary/aromatic N) is 5. The molecule has 0 aliphatic carbocycles. The lowest BCUT2D eigenvalue weighted by atomic mass is 9.96. The summed E-state index contributed by atoms with van der Waals surface area (Å²) in [5.74, 6) is 1.59. The average Bonchev–Trinajstić information content (AvgIpc) is 3.11. The number of benzene rings is 1. The summed E-state index contributed by atoms with van der Waals surface area (Å²) in [5.41, 5.74) is 0.919. The standard InChI is InChI=1S/C17H23N5O3/c1-12(2)21-11-18-19-17(21)13-5-4-8-20(10-13)14-6-7-15(22(23)24)16(9-14)25-3/h6-7,9,11-13H,4-5,8,10H2,1-3H3. The summed E-state index contributed by atoms with van der Waals surface area (Å²) in [4.78, 5) is 12.9. The van der Waals surface area contributed by atoms with Crippen molar-refractivity contribution < 1.29 is 9.66 Å². The Labute approximate surface area is 146 Å². The van der Waals surface area contributed by atoms with Crippen LogP contribution in [0.2, 0.25) is 0 Å².